The maximum Gasteiger partial charge on any atom is 0.216 e. The molecule has 7 nitrogen and oxygen atoms in total. The third-order valence-corrected chi connectivity index (χ3v) is 5.58. The Morgan fingerprint density at radius 2 is 2.16 bits per heavy atom. The molecule has 25 heavy (non-hydrogen) atoms. The normalized spacial score (nSPS) is 18.3. The van der Waals surface area contributed by atoms with Crippen molar-refractivity contribution in [2.45, 2.75) is 24.7 Å². The Balaban J connectivity index is 1.93. The summed E-state index contributed by atoms with van der Waals surface area (Å²) in [6.07, 6.45) is 4.76. The van der Waals surface area contributed by atoms with Gasteiger partial charge >= 0.3 is 0 Å². The molecule has 0 bridgehead atoms. The van der Waals surface area contributed by atoms with E-state index in [4.69, 9.17) is 0 Å². The zero-order valence-electron chi connectivity index (χ0n) is 14.4. The third kappa shape index (κ3) is 4.07. The monoisotopic (exact) mass is 362 g/mol. The van der Waals surface area contributed by atoms with Gasteiger partial charge in [0, 0.05) is 38.2 Å². The maximum atomic E-state index is 11.9. The van der Waals surface area contributed by atoms with Crippen LogP contribution in [0.4, 0.5) is 5.82 Å². The lowest BCUT2D eigenvalue weighted by atomic mass is 9.97. The van der Waals surface area contributed by atoms with Crippen LogP contribution < -0.4 is 10.2 Å². The van der Waals surface area contributed by atoms with Crippen LogP contribution >= 0.6 is 0 Å². The fraction of sp³-hybridized carbons (Fsp3) is 0.471. The Hall–Kier alpha value is -2.22. The van der Waals surface area contributed by atoms with Crippen LogP contribution in [0.5, 0.6) is 0 Å². The summed E-state index contributed by atoms with van der Waals surface area (Å²) in [5.41, 5.74) is 0.724. The minimum Gasteiger partial charge on any atom is -0.356 e. The molecule has 134 valence electrons. The van der Waals surface area contributed by atoms with Crippen molar-refractivity contribution in [3.63, 3.8) is 0 Å². The number of fused-ring (bicyclic) bond motifs is 1. The fourth-order valence-corrected chi connectivity index (χ4v) is 3.86. The minimum atomic E-state index is -3.29. The van der Waals surface area contributed by atoms with Crippen molar-refractivity contribution in [2.75, 3.05) is 30.8 Å². The van der Waals surface area contributed by atoms with Gasteiger partial charge in [0.1, 0.15) is 12.1 Å². The van der Waals surface area contributed by atoms with Crippen LogP contribution in [0, 0.1) is 5.92 Å². The molecule has 1 amide bonds. The number of piperidine rings is 1. The van der Waals surface area contributed by atoms with E-state index < -0.39 is 9.84 Å². The van der Waals surface area contributed by atoms with Crippen molar-refractivity contribution in [1.82, 2.24) is 15.3 Å². The van der Waals surface area contributed by atoms with Crippen molar-refractivity contribution < 1.29 is 13.2 Å². The second-order valence-electron chi connectivity index (χ2n) is 6.54. The summed E-state index contributed by atoms with van der Waals surface area (Å²) < 4.78 is 23.7. The number of aromatic nitrogens is 2. The van der Waals surface area contributed by atoms with Crippen LogP contribution in [0.15, 0.2) is 29.4 Å². The summed E-state index contributed by atoms with van der Waals surface area (Å²) in [6, 6.07) is 4.94. The molecule has 0 spiro atoms. The van der Waals surface area contributed by atoms with E-state index in [1.165, 1.54) is 19.5 Å². The quantitative estimate of drug-likeness (QED) is 0.883. The Labute approximate surface area is 147 Å². The predicted molar refractivity (Wildman–Crippen MR) is 96.3 cm³/mol. The highest BCUT2D eigenvalue weighted by Gasteiger charge is 2.23. The summed E-state index contributed by atoms with van der Waals surface area (Å²) in [4.78, 5) is 22.2. The van der Waals surface area contributed by atoms with Gasteiger partial charge in [0.25, 0.3) is 0 Å². The molecular weight excluding hydrogens is 340 g/mol. The molecule has 1 fully saturated rings. The lowest BCUT2D eigenvalue weighted by molar-refractivity contribution is -0.119. The Bertz CT molecular complexity index is 898. The van der Waals surface area contributed by atoms with Gasteiger partial charge in [-0.05, 0) is 37.0 Å². The lowest BCUT2D eigenvalue weighted by Gasteiger charge is -2.34. The first-order chi connectivity index (χ1) is 11.8. The summed E-state index contributed by atoms with van der Waals surface area (Å²) >= 11 is 0. The summed E-state index contributed by atoms with van der Waals surface area (Å²) in [7, 11) is -3.29. The van der Waals surface area contributed by atoms with Gasteiger partial charge in [-0.25, -0.2) is 18.4 Å². The molecule has 1 aromatic heterocycles. The van der Waals surface area contributed by atoms with Crippen LogP contribution in [0.3, 0.4) is 0 Å². The first kappa shape index (κ1) is 17.6. The third-order valence-electron chi connectivity index (χ3n) is 4.47. The molecule has 0 aliphatic carbocycles. The van der Waals surface area contributed by atoms with Crippen molar-refractivity contribution in [1.29, 1.82) is 0 Å². The number of benzene rings is 1. The number of nitrogens with one attached hydrogen (secondary N) is 1. The van der Waals surface area contributed by atoms with Crippen LogP contribution in [0.1, 0.15) is 19.8 Å². The lowest BCUT2D eigenvalue weighted by Crippen LogP contribution is -2.41. The van der Waals surface area contributed by atoms with E-state index in [2.05, 4.69) is 20.2 Å². The van der Waals surface area contributed by atoms with Gasteiger partial charge in [0.2, 0.25) is 5.91 Å². The molecule has 2 aromatic rings. The standard InChI is InChI=1S/C17H22N4O3S/c1-12(22)18-9-13-4-3-7-21(10-13)17-15-8-14(25(2,23)24)5-6-16(15)19-11-20-17/h5-6,8,11,13H,3-4,7,9-10H2,1-2H3,(H,18,22). The van der Waals surface area contributed by atoms with E-state index in [1.807, 2.05) is 0 Å². The minimum absolute atomic E-state index is 0.0256. The number of anilines is 1. The number of carbonyl (C=O) groups excluding carboxylic acids is 1. The SMILES string of the molecule is CC(=O)NCC1CCCN(c2ncnc3ccc(S(C)(=O)=O)cc23)C1. The van der Waals surface area contributed by atoms with Gasteiger partial charge in [-0.15, -0.1) is 0 Å². The summed E-state index contributed by atoms with van der Waals surface area (Å²) in [6.45, 7) is 3.79. The van der Waals surface area contributed by atoms with Crippen molar-refractivity contribution >= 4 is 32.5 Å². The number of amides is 1. The van der Waals surface area contributed by atoms with Gasteiger partial charge in [-0.3, -0.25) is 4.79 Å². The van der Waals surface area contributed by atoms with Crippen molar-refractivity contribution in [2.24, 2.45) is 5.92 Å². The number of rotatable bonds is 4. The van der Waals surface area contributed by atoms with E-state index in [0.29, 0.717) is 12.5 Å². The molecule has 1 aromatic carbocycles. The van der Waals surface area contributed by atoms with Gasteiger partial charge in [-0.2, -0.15) is 0 Å². The van der Waals surface area contributed by atoms with Crippen LogP contribution in [0.2, 0.25) is 0 Å². The number of carbonyl (C=O) groups is 1. The smallest absolute Gasteiger partial charge is 0.216 e. The van der Waals surface area contributed by atoms with Crippen LogP contribution in [-0.2, 0) is 14.6 Å². The molecule has 1 aliphatic heterocycles. The topological polar surface area (TPSA) is 92.3 Å². The highest BCUT2D eigenvalue weighted by molar-refractivity contribution is 7.90. The molecule has 1 atom stereocenters. The van der Waals surface area contributed by atoms with E-state index >= 15 is 0 Å². The Kier molecular flexibility index (Phi) is 4.89. The van der Waals surface area contributed by atoms with Gasteiger partial charge in [-0.1, -0.05) is 0 Å². The first-order valence-electron chi connectivity index (χ1n) is 8.29. The molecule has 1 saturated heterocycles. The second-order valence-corrected chi connectivity index (χ2v) is 8.56. The van der Waals surface area contributed by atoms with Gasteiger partial charge < -0.3 is 10.2 Å². The maximum absolute atomic E-state index is 11.9. The van der Waals surface area contributed by atoms with Crippen molar-refractivity contribution in [3.8, 4) is 0 Å². The number of sulfone groups is 1. The van der Waals surface area contributed by atoms with E-state index in [-0.39, 0.29) is 10.8 Å². The Morgan fingerprint density at radius 3 is 2.88 bits per heavy atom. The van der Waals surface area contributed by atoms with Gasteiger partial charge in [0.15, 0.2) is 9.84 Å². The fourth-order valence-electron chi connectivity index (χ4n) is 3.22. The number of hydrogen-bond donors (Lipinski definition) is 1. The average molecular weight is 362 g/mol. The average Bonchev–Trinajstić information content (AvgIpc) is 2.58. The molecule has 3 rings (SSSR count). The highest BCUT2D eigenvalue weighted by atomic mass is 32.2. The van der Waals surface area contributed by atoms with E-state index in [0.717, 1.165) is 42.7 Å². The molecule has 1 N–H and O–H groups in total. The molecule has 0 radical (unpaired) electrons. The van der Waals surface area contributed by atoms with E-state index in [9.17, 15) is 13.2 Å². The van der Waals surface area contributed by atoms with Crippen molar-refractivity contribution in [3.05, 3.63) is 24.5 Å². The van der Waals surface area contributed by atoms with Crippen LogP contribution in [-0.4, -0.2) is 50.2 Å². The summed E-state index contributed by atoms with van der Waals surface area (Å²) in [5.74, 6) is 1.08. The summed E-state index contributed by atoms with van der Waals surface area (Å²) in [5, 5.41) is 3.62. The molecular formula is C17H22N4O3S. The highest BCUT2D eigenvalue weighted by Crippen LogP contribution is 2.29. The molecule has 2 heterocycles. The molecule has 8 heteroatoms. The number of hydrogen-bond acceptors (Lipinski definition) is 6. The first-order valence-corrected chi connectivity index (χ1v) is 10.2. The molecule has 0 saturated carbocycles. The largest absolute Gasteiger partial charge is 0.356 e. The van der Waals surface area contributed by atoms with E-state index in [1.54, 1.807) is 18.2 Å². The van der Waals surface area contributed by atoms with Crippen LogP contribution in [0.25, 0.3) is 10.9 Å². The molecule has 1 unspecified atom stereocenters. The second kappa shape index (κ2) is 6.95. The zero-order valence-corrected chi connectivity index (χ0v) is 15.2. The Morgan fingerprint density at radius 1 is 1.36 bits per heavy atom. The predicted octanol–water partition coefficient (Wildman–Crippen LogP) is 1.39. The number of nitrogens with zero attached hydrogens (tertiary/aromatic N) is 3. The zero-order chi connectivity index (χ0) is 18.0. The van der Waals surface area contributed by atoms with Gasteiger partial charge in [0.05, 0.1) is 10.4 Å². The molecule has 1 aliphatic rings.